The number of amides is 1. The summed E-state index contributed by atoms with van der Waals surface area (Å²) in [6, 6.07) is 1.19. The highest BCUT2D eigenvalue weighted by molar-refractivity contribution is 5.77. The van der Waals surface area contributed by atoms with Crippen molar-refractivity contribution in [3.63, 3.8) is 0 Å². The topological polar surface area (TPSA) is 41.6 Å². The first kappa shape index (κ1) is 17.4. The van der Waals surface area contributed by atoms with E-state index >= 15 is 0 Å². The second kappa shape index (κ2) is 9.35. The van der Waals surface area contributed by atoms with Gasteiger partial charge in [-0.05, 0) is 31.6 Å². The number of hydrogen-bond acceptors (Lipinski definition) is 3. The number of nitrogens with one attached hydrogen (secondary N) is 1. The van der Waals surface area contributed by atoms with Gasteiger partial charge < -0.3 is 15.0 Å². The Morgan fingerprint density at radius 3 is 2.45 bits per heavy atom. The van der Waals surface area contributed by atoms with Gasteiger partial charge in [-0.2, -0.15) is 0 Å². The van der Waals surface area contributed by atoms with Gasteiger partial charge in [0, 0.05) is 32.3 Å². The van der Waals surface area contributed by atoms with Crippen molar-refractivity contribution in [2.75, 3.05) is 26.8 Å². The molecule has 1 amide bonds. The maximum Gasteiger partial charge on any atom is 0.248 e. The summed E-state index contributed by atoms with van der Waals surface area (Å²) >= 11 is 0. The normalized spacial score (nSPS) is 19.9. The van der Waals surface area contributed by atoms with E-state index in [1.165, 1.54) is 19.3 Å². The van der Waals surface area contributed by atoms with Gasteiger partial charge in [0.05, 0.1) is 0 Å². The molecule has 0 saturated carbocycles. The van der Waals surface area contributed by atoms with Gasteiger partial charge in [0.1, 0.15) is 6.61 Å². The number of carbonyl (C=O) groups is 1. The minimum atomic E-state index is 0.123. The highest BCUT2D eigenvalue weighted by atomic mass is 16.5. The van der Waals surface area contributed by atoms with E-state index in [0.29, 0.717) is 12.1 Å². The van der Waals surface area contributed by atoms with Gasteiger partial charge in [-0.3, -0.25) is 4.79 Å². The van der Waals surface area contributed by atoms with Crippen molar-refractivity contribution in [2.45, 2.75) is 65.0 Å². The third-order valence-electron chi connectivity index (χ3n) is 4.46. The largest absolute Gasteiger partial charge is 0.375 e. The molecule has 2 unspecified atom stereocenters. The molecule has 0 spiro atoms. The third-order valence-corrected chi connectivity index (χ3v) is 4.46. The van der Waals surface area contributed by atoms with Crippen LogP contribution in [0.2, 0.25) is 0 Å². The van der Waals surface area contributed by atoms with Crippen LogP contribution < -0.4 is 5.32 Å². The van der Waals surface area contributed by atoms with E-state index in [2.05, 4.69) is 26.1 Å². The first-order valence-electron chi connectivity index (χ1n) is 8.13. The molecule has 1 heterocycles. The zero-order valence-corrected chi connectivity index (χ0v) is 13.7. The van der Waals surface area contributed by atoms with Crippen molar-refractivity contribution in [3.05, 3.63) is 0 Å². The molecule has 1 aliphatic heterocycles. The molecule has 1 saturated heterocycles. The predicted octanol–water partition coefficient (Wildman–Crippen LogP) is 2.43. The summed E-state index contributed by atoms with van der Waals surface area (Å²) in [7, 11) is 1.58. The van der Waals surface area contributed by atoms with Crippen LogP contribution >= 0.6 is 0 Å². The highest BCUT2D eigenvalue weighted by Gasteiger charge is 2.24. The van der Waals surface area contributed by atoms with Crippen molar-refractivity contribution in [3.8, 4) is 0 Å². The lowest BCUT2D eigenvalue weighted by Crippen LogP contribution is -2.48. The first-order chi connectivity index (χ1) is 9.60. The van der Waals surface area contributed by atoms with Crippen LogP contribution in [0.25, 0.3) is 0 Å². The lowest BCUT2D eigenvalue weighted by atomic mass is 9.95. The summed E-state index contributed by atoms with van der Waals surface area (Å²) in [6.45, 7) is 8.79. The molecule has 0 bridgehead atoms. The van der Waals surface area contributed by atoms with Crippen LogP contribution in [-0.2, 0) is 9.53 Å². The van der Waals surface area contributed by atoms with Crippen LogP contribution in [0.15, 0.2) is 0 Å². The molecular weight excluding hydrogens is 252 g/mol. The fourth-order valence-electron chi connectivity index (χ4n) is 2.85. The van der Waals surface area contributed by atoms with Gasteiger partial charge in [0.25, 0.3) is 0 Å². The lowest BCUT2D eigenvalue weighted by Gasteiger charge is -2.35. The number of nitrogens with zero attached hydrogens (tertiary/aromatic N) is 1. The third kappa shape index (κ3) is 5.80. The summed E-state index contributed by atoms with van der Waals surface area (Å²) in [4.78, 5) is 13.7. The standard InChI is InChI=1S/C16H32N2O2/c1-5-13(3)11-14(6-2)17-15-7-9-18(10-8-15)16(19)12-20-4/h13-15,17H,5-12H2,1-4H3. The molecule has 2 atom stereocenters. The van der Waals surface area contributed by atoms with Crippen LogP contribution in [-0.4, -0.2) is 49.7 Å². The van der Waals surface area contributed by atoms with Gasteiger partial charge in [-0.1, -0.05) is 27.2 Å². The quantitative estimate of drug-likeness (QED) is 0.744. The second-order valence-electron chi connectivity index (χ2n) is 6.11. The SMILES string of the molecule is CCC(C)CC(CC)NC1CCN(C(=O)COC)CC1. The molecule has 4 heteroatoms. The van der Waals surface area contributed by atoms with E-state index < -0.39 is 0 Å². The predicted molar refractivity (Wildman–Crippen MR) is 82.8 cm³/mol. The van der Waals surface area contributed by atoms with Gasteiger partial charge in [0.2, 0.25) is 5.91 Å². The number of methoxy groups -OCH3 is 1. The van der Waals surface area contributed by atoms with Crippen LogP contribution in [0, 0.1) is 5.92 Å². The van der Waals surface area contributed by atoms with E-state index in [1.54, 1.807) is 7.11 Å². The summed E-state index contributed by atoms with van der Waals surface area (Å²) in [6.07, 6.45) is 5.82. The van der Waals surface area contributed by atoms with Crippen molar-refractivity contribution in [1.82, 2.24) is 10.2 Å². The van der Waals surface area contributed by atoms with E-state index in [9.17, 15) is 4.79 Å². The molecule has 4 nitrogen and oxygen atoms in total. The molecule has 118 valence electrons. The first-order valence-corrected chi connectivity index (χ1v) is 8.13. The van der Waals surface area contributed by atoms with Crippen molar-refractivity contribution in [1.29, 1.82) is 0 Å². The van der Waals surface area contributed by atoms with Gasteiger partial charge in [-0.15, -0.1) is 0 Å². The molecule has 1 N–H and O–H groups in total. The number of piperidine rings is 1. The van der Waals surface area contributed by atoms with Gasteiger partial charge in [0.15, 0.2) is 0 Å². The summed E-state index contributed by atoms with van der Waals surface area (Å²) in [5, 5.41) is 3.79. The van der Waals surface area contributed by atoms with Crippen LogP contribution in [0.5, 0.6) is 0 Å². The zero-order chi connectivity index (χ0) is 15.0. The summed E-state index contributed by atoms with van der Waals surface area (Å²) in [5.41, 5.74) is 0. The average molecular weight is 284 g/mol. The van der Waals surface area contributed by atoms with Crippen molar-refractivity contribution >= 4 is 5.91 Å². The molecule has 0 aromatic heterocycles. The van der Waals surface area contributed by atoms with E-state index in [0.717, 1.165) is 31.8 Å². The van der Waals surface area contributed by atoms with Gasteiger partial charge >= 0.3 is 0 Å². The van der Waals surface area contributed by atoms with E-state index in [-0.39, 0.29) is 12.5 Å². The van der Waals surface area contributed by atoms with Crippen LogP contribution in [0.3, 0.4) is 0 Å². The van der Waals surface area contributed by atoms with E-state index in [1.807, 2.05) is 4.90 Å². The van der Waals surface area contributed by atoms with E-state index in [4.69, 9.17) is 4.74 Å². The van der Waals surface area contributed by atoms with Crippen LogP contribution in [0.1, 0.15) is 52.9 Å². The Bertz CT molecular complexity index is 276. The van der Waals surface area contributed by atoms with Crippen molar-refractivity contribution < 1.29 is 9.53 Å². The van der Waals surface area contributed by atoms with Crippen molar-refractivity contribution in [2.24, 2.45) is 5.92 Å². The number of rotatable bonds is 8. The van der Waals surface area contributed by atoms with Gasteiger partial charge in [-0.25, -0.2) is 0 Å². The molecule has 0 aromatic carbocycles. The maximum atomic E-state index is 11.7. The average Bonchev–Trinajstić information content (AvgIpc) is 2.47. The maximum absolute atomic E-state index is 11.7. The smallest absolute Gasteiger partial charge is 0.248 e. The highest BCUT2D eigenvalue weighted by Crippen LogP contribution is 2.16. The molecule has 1 fully saturated rings. The molecule has 1 rings (SSSR count). The number of hydrogen-bond donors (Lipinski definition) is 1. The Kier molecular flexibility index (Phi) is 8.15. The number of likely N-dealkylation sites (tertiary alicyclic amines) is 1. The van der Waals surface area contributed by atoms with Crippen LogP contribution in [0.4, 0.5) is 0 Å². The minimum Gasteiger partial charge on any atom is -0.375 e. The minimum absolute atomic E-state index is 0.123. The molecule has 0 radical (unpaired) electrons. The Balaban J connectivity index is 2.31. The fourth-order valence-corrected chi connectivity index (χ4v) is 2.85. The Labute approximate surface area is 124 Å². The Hall–Kier alpha value is -0.610. The molecule has 0 aromatic rings. The molecule has 1 aliphatic rings. The Morgan fingerprint density at radius 1 is 1.30 bits per heavy atom. The zero-order valence-electron chi connectivity index (χ0n) is 13.7. The summed E-state index contributed by atoms with van der Waals surface area (Å²) < 4.78 is 4.91. The molecular formula is C16H32N2O2. The number of carbonyl (C=O) groups excluding carboxylic acids is 1. The fraction of sp³-hybridized carbons (Fsp3) is 0.938. The Morgan fingerprint density at radius 2 is 1.95 bits per heavy atom. The number of ether oxygens (including phenoxy) is 1. The summed E-state index contributed by atoms with van der Waals surface area (Å²) in [5.74, 6) is 0.911. The molecule has 20 heavy (non-hydrogen) atoms. The second-order valence-corrected chi connectivity index (χ2v) is 6.11. The monoisotopic (exact) mass is 284 g/mol. The lowest BCUT2D eigenvalue weighted by molar-refractivity contribution is -0.136. The molecule has 0 aliphatic carbocycles.